The Labute approximate surface area is 161 Å². The van der Waals surface area contributed by atoms with Gasteiger partial charge in [0.15, 0.2) is 0 Å². The van der Waals surface area contributed by atoms with Crippen LogP contribution in [-0.4, -0.2) is 0 Å². The number of halogens is 1. The van der Waals surface area contributed by atoms with Crippen molar-refractivity contribution in [2.24, 2.45) is 5.92 Å². The highest BCUT2D eigenvalue weighted by Gasteiger charge is 2.26. The highest BCUT2D eigenvalue weighted by Crippen LogP contribution is 2.40. The van der Waals surface area contributed by atoms with Crippen LogP contribution in [0.25, 0.3) is 11.1 Å². The molecular formula is C24H25FN2. The molecule has 0 spiro atoms. The first kappa shape index (κ1) is 19.1. The van der Waals surface area contributed by atoms with Gasteiger partial charge < -0.3 is 0 Å². The van der Waals surface area contributed by atoms with Gasteiger partial charge in [-0.1, -0.05) is 50.5 Å². The van der Waals surface area contributed by atoms with E-state index in [-0.39, 0.29) is 5.82 Å². The monoisotopic (exact) mass is 360 g/mol. The Hall–Kier alpha value is -2.65. The summed E-state index contributed by atoms with van der Waals surface area (Å²) >= 11 is 0. The Morgan fingerprint density at radius 2 is 1.59 bits per heavy atom. The molecule has 3 heteroatoms. The normalized spacial score (nSPS) is 19.3. The molecule has 0 radical (unpaired) electrons. The van der Waals surface area contributed by atoms with E-state index in [2.05, 4.69) is 19.1 Å². The average Bonchev–Trinajstić information content (AvgIpc) is 2.72. The molecule has 0 atom stereocenters. The fourth-order valence-electron chi connectivity index (χ4n) is 4.32. The maximum atomic E-state index is 13.2. The van der Waals surface area contributed by atoms with Crippen LogP contribution in [0.5, 0.6) is 0 Å². The van der Waals surface area contributed by atoms with Crippen LogP contribution >= 0.6 is 0 Å². The molecule has 1 aliphatic rings. The van der Waals surface area contributed by atoms with Crippen LogP contribution in [0.4, 0.5) is 4.39 Å². The molecule has 1 aliphatic carbocycles. The van der Waals surface area contributed by atoms with E-state index >= 15 is 0 Å². The summed E-state index contributed by atoms with van der Waals surface area (Å²) < 4.78 is 13.2. The molecule has 2 aromatic carbocycles. The lowest BCUT2D eigenvalue weighted by Gasteiger charge is -2.29. The number of benzene rings is 2. The number of hydrogen-bond acceptors (Lipinski definition) is 2. The molecule has 3 rings (SSSR count). The lowest BCUT2D eigenvalue weighted by atomic mass is 9.75. The summed E-state index contributed by atoms with van der Waals surface area (Å²) in [6.07, 6.45) is 8.43. The predicted molar refractivity (Wildman–Crippen MR) is 105 cm³/mol. The minimum absolute atomic E-state index is 0.311. The van der Waals surface area contributed by atoms with Crippen molar-refractivity contribution in [3.63, 3.8) is 0 Å². The summed E-state index contributed by atoms with van der Waals surface area (Å²) in [7, 11) is 0. The quantitative estimate of drug-likeness (QED) is 0.595. The number of unbranched alkanes of at least 4 members (excludes halogenated alkanes) is 1. The third-order valence-electron chi connectivity index (χ3n) is 5.87. The van der Waals surface area contributed by atoms with Crippen molar-refractivity contribution in [1.29, 1.82) is 10.5 Å². The van der Waals surface area contributed by atoms with Crippen molar-refractivity contribution in [3.8, 4) is 23.3 Å². The van der Waals surface area contributed by atoms with Crippen LogP contribution in [0, 0.1) is 34.4 Å². The first-order valence-corrected chi connectivity index (χ1v) is 9.91. The minimum Gasteiger partial charge on any atom is -0.207 e. The molecule has 0 bridgehead atoms. The molecule has 0 unspecified atom stereocenters. The molecule has 0 aromatic heterocycles. The van der Waals surface area contributed by atoms with Gasteiger partial charge in [0.1, 0.15) is 18.0 Å². The van der Waals surface area contributed by atoms with Crippen LogP contribution in [0.15, 0.2) is 36.4 Å². The minimum atomic E-state index is -0.311. The van der Waals surface area contributed by atoms with Crippen molar-refractivity contribution in [2.45, 2.75) is 57.8 Å². The summed E-state index contributed by atoms with van der Waals surface area (Å²) in [5.74, 6) is 0.849. The van der Waals surface area contributed by atoms with Crippen molar-refractivity contribution >= 4 is 0 Å². The standard InChI is InChI=1S/C24H25FN2/c1-2-3-4-17-5-7-18(8-6-17)21-13-14-22(24(16-27)23(21)15-26)19-9-11-20(25)12-10-19/h9-14,17-18H,2-8H2,1H3. The summed E-state index contributed by atoms with van der Waals surface area (Å²) in [6, 6.07) is 14.5. The Morgan fingerprint density at radius 3 is 2.19 bits per heavy atom. The second-order valence-corrected chi connectivity index (χ2v) is 7.54. The van der Waals surface area contributed by atoms with Crippen LogP contribution < -0.4 is 0 Å². The highest BCUT2D eigenvalue weighted by atomic mass is 19.1. The van der Waals surface area contributed by atoms with Gasteiger partial charge >= 0.3 is 0 Å². The second-order valence-electron chi connectivity index (χ2n) is 7.54. The van der Waals surface area contributed by atoms with Crippen molar-refractivity contribution in [2.75, 3.05) is 0 Å². The molecule has 0 amide bonds. The average molecular weight is 360 g/mol. The van der Waals surface area contributed by atoms with Crippen LogP contribution in [0.2, 0.25) is 0 Å². The van der Waals surface area contributed by atoms with Gasteiger partial charge in [-0.2, -0.15) is 10.5 Å². The van der Waals surface area contributed by atoms with Crippen LogP contribution in [0.1, 0.15) is 74.5 Å². The van der Waals surface area contributed by atoms with Crippen molar-refractivity contribution < 1.29 is 4.39 Å². The number of rotatable bonds is 5. The molecular weight excluding hydrogens is 335 g/mol. The van der Waals surface area contributed by atoms with Crippen molar-refractivity contribution in [1.82, 2.24) is 0 Å². The summed E-state index contributed by atoms with van der Waals surface area (Å²) in [6.45, 7) is 2.23. The zero-order valence-corrected chi connectivity index (χ0v) is 15.8. The Kier molecular flexibility index (Phi) is 6.25. The van der Waals surface area contributed by atoms with E-state index < -0.39 is 0 Å². The smallest absolute Gasteiger partial charge is 0.123 e. The Morgan fingerprint density at radius 1 is 0.926 bits per heavy atom. The maximum absolute atomic E-state index is 13.2. The van der Waals surface area contributed by atoms with Gasteiger partial charge in [-0.25, -0.2) is 4.39 Å². The maximum Gasteiger partial charge on any atom is 0.123 e. The van der Waals surface area contributed by atoms with Gasteiger partial charge in [0, 0.05) is 5.56 Å². The zero-order chi connectivity index (χ0) is 19.2. The van der Waals surface area contributed by atoms with E-state index in [4.69, 9.17) is 0 Å². The Balaban J connectivity index is 1.89. The van der Waals surface area contributed by atoms with E-state index in [1.165, 1.54) is 44.2 Å². The lowest BCUT2D eigenvalue weighted by molar-refractivity contribution is 0.304. The van der Waals surface area contributed by atoms with E-state index in [1.807, 2.05) is 12.1 Å². The molecule has 0 heterocycles. The van der Waals surface area contributed by atoms with Gasteiger partial charge in [0.05, 0.1) is 11.1 Å². The number of nitriles is 2. The van der Waals surface area contributed by atoms with E-state index in [0.717, 1.165) is 29.9 Å². The molecule has 2 aromatic rings. The van der Waals surface area contributed by atoms with Crippen LogP contribution in [-0.2, 0) is 0 Å². The highest BCUT2D eigenvalue weighted by molar-refractivity contribution is 5.75. The molecule has 27 heavy (non-hydrogen) atoms. The van der Waals surface area contributed by atoms with E-state index in [9.17, 15) is 14.9 Å². The first-order chi connectivity index (χ1) is 13.2. The van der Waals surface area contributed by atoms with Gasteiger partial charge in [-0.15, -0.1) is 0 Å². The van der Waals surface area contributed by atoms with Crippen LogP contribution in [0.3, 0.4) is 0 Å². The van der Waals surface area contributed by atoms with Gasteiger partial charge in [0.2, 0.25) is 0 Å². The molecule has 2 nitrogen and oxygen atoms in total. The number of nitrogens with zero attached hydrogens (tertiary/aromatic N) is 2. The first-order valence-electron chi connectivity index (χ1n) is 9.91. The molecule has 0 saturated heterocycles. The zero-order valence-electron chi connectivity index (χ0n) is 15.8. The second kappa shape index (κ2) is 8.83. The summed E-state index contributed by atoms with van der Waals surface area (Å²) in [4.78, 5) is 0. The molecule has 1 saturated carbocycles. The molecule has 1 fully saturated rings. The molecule has 138 valence electrons. The molecule has 0 aliphatic heterocycles. The Bertz CT molecular complexity index is 863. The summed E-state index contributed by atoms with van der Waals surface area (Å²) in [5.41, 5.74) is 3.38. The predicted octanol–water partition coefficient (Wildman–Crippen LogP) is 6.70. The summed E-state index contributed by atoms with van der Waals surface area (Å²) in [5, 5.41) is 19.5. The fourth-order valence-corrected chi connectivity index (χ4v) is 4.32. The fraction of sp³-hybridized carbons (Fsp3) is 0.417. The lowest BCUT2D eigenvalue weighted by Crippen LogP contribution is -2.15. The SMILES string of the molecule is CCCCC1CCC(c2ccc(-c3ccc(F)cc3)c(C#N)c2C#N)CC1. The van der Waals surface area contributed by atoms with E-state index in [0.29, 0.717) is 22.6 Å². The third-order valence-corrected chi connectivity index (χ3v) is 5.87. The number of hydrogen-bond donors (Lipinski definition) is 0. The van der Waals surface area contributed by atoms with Crippen molar-refractivity contribution in [3.05, 3.63) is 58.9 Å². The molecule has 0 N–H and O–H groups in total. The van der Waals surface area contributed by atoms with Gasteiger partial charge in [0.25, 0.3) is 0 Å². The largest absolute Gasteiger partial charge is 0.207 e. The third kappa shape index (κ3) is 4.20. The topological polar surface area (TPSA) is 47.6 Å². The van der Waals surface area contributed by atoms with Gasteiger partial charge in [-0.05, 0) is 60.8 Å². The van der Waals surface area contributed by atoms with E-state index in [1.54, 1.807) is 12.1 Å². The van der Waals surface area contributed by atoms with Gasteiger partial charge in [-0.3, -0.25) is 0 Å².